The zero-order valence-corrected chi connectivity index (χ0v) is 10.3. The van der Waals surface area contributed by atoms with E-state index in [0.29, 0.717) is 0 Å². The van der Waals surface area contributed by atoms with E-state index in [1.807, 2.05) is 0 Å². The van der Waals surface area contributed by atoms with Gasteiger partial charge in [-0.25, -0.2) is 4.79 Å². The van der Waals surface area contributed by atoms with E-state index in [1.54, 1.807) is 6.07 Å². The van der Waals surface area contributed by atoms with Gasteiger partial charge in [-0.05, 0) is 13.0 Å². The minimum absolute atomic E-state index is 0.0594. The second-order valence-corrected chi connectivity index (χ2v) is 4.20. The summed E-state index contributed by atoms with van der Waals surface area (Å²) >= 11 is 11.5. The van der Waals surface area contributed by atoms with Crippen LogP contribution >= 0.6 is 23.2 Å². The van der Waals surface area contributed by atoms with Crippen LogP contribution < -0.4 is 0 Å². The van der Waals surface area contributed by atoms with E-state index < -0.39 is 11.3 Å². The maximum atomic E-state index is 11.7. The maximum absolute atomic E-state index is 11.7. The van der Waals surface area contributed by atoms with Crippen molar-refractivity contribution in [3.63, 3.8) is 0 Å². The number of esters is 1. The molecule has 1 rings (SSSR count). The molecule has 0 amide bonds. The third kappa shape index (κ3) is 2.54. The Balaban J connectivity index is 3.34. The first-order valence-corrected chi connectivity index (χ1v) is 5.35. The fourth-order valence-electron chi connectivity index (χ4n) is 1.25. The van der Waals surface area contributed by atoms with Crippen molar-refractivity contribution >= 4 is 35.0 Å². The van der Waals surface area contributed by atoms with E-state index in [9.17, 15) is 9.59 Å². The van der Waals surface area contributed by atoms with Gasteiger partial charge in [0.2, 0.25) is 0 Å². The molecule has 1 aromatic rings. The van der Waals surface area contributed by atoms with Gasteiger partial charge in [-0.2, -0.15) is 0 Å². The number of rotatable bonds is 3. The lowest BCUT2D eigenvalue weighted by Gasteiger charge is -2.09. The Kier molecular flexibility index (Phi) is 4.33. The van der Waals surface area contributed by atoms with Crippen molar-refractivity contribution in [1.29, 1.82) is 0 Å². The zero-order valence-electron chi connectivity index (χ0n) is 8.79. The van der Waals surface area contributed by atoms with Crippen LogP contribution in [-0.4, -0.2) is 24.2 Å². The molecule has 0 saturated carbocycles. The van der Waals surface area contributed by atoms with Gasteiger partial charge in [0.25, 0.3) is 0 Å². The molecule has 0 aliphatic rings. The molecule has 1 unspecified atom stereocenters. The molecule has 0 radical (unpaired) electrons. The number of methoxy groups -OCH3 is 1. The molecule has 0 aliphatic carbocycles. The fourth-order valence-corrected chi connectivity index (χ4v) is 1.62. The molecule has 0 bridgehead atoms. The molecular weight excluding hydrogens is 251 g/mol. The lowest BCUT2D eigenvalue weighted by molar-refractivity contribution is 0.0597. The fraction of sp³-hybridized carbons (Fsp3) is 0.273. The highest BCUT2D eigenvalue weighted by Gasteiger charge is 2.23. The molecule has 0 aliphatic heterocycles. The van der Waals surface area contributed by atoms with Crippen LogP contribution in [0.4, 0.5) is 0 Å². The molecule has 1 aromatic carbocycles. The van der Waals surface area contributed by atoms with Crippen LogP contribution in [0.15, 0.2) is 18.2 Å². The first-order valence-electron chi connectivity index (χ1n) is 4.54. The highest BCUT2D eigenvalue weighted by molar-refractivity contribution is 6.37. The predicted octanol–water partition coefficient (Wildman–Crippen LogP) is 2.94. The first kappa shape index (κ1) is 13.0. The van der Waals surface area contributed by atoms with E-state index in [2.05, 4.69) is 4.74 Å². The minimum atomic E-state index is -0.720. The minimum Gasteiger partial charge on any atom is -0.465 e. The molecule has 0 saturated heterocycles. The van der Waals surface area contributed by atoms with Crippen molar-refractivity contribution < 1.29 is 14.3 Å². The Morgan fingerprint density at radius 2 is 2.00 bits per heavy atom. The van der Waals surface area contributed by atoms with E-state index in [-0.39, 0.29) is 21.9 Å². The molecule has 0 N–H and O–H groups in total. The van der Waals surface area contributed by atoms with Gasteiger partial charge in [0.15, 0.2) is 5.78 Å². The monoisotopic (exact) mass is 260 g/mol. The molecular formula is C11H10Cl2O3. The van der Waals surface area contributed by atoms with Gasteiger partial charge in [-0.1, -0.05) is 23.7 Å². The number of hydrogen-bond donors (Lipinski definition) is 0. The molecule has 1 atom stereocenters. The molecule has 0 spiro atoms. The van der Waals surface area contributed by atoms with Gasteiger partial charge in [0.05, 0.1) is 23.1 Å². The Bertz CT molecular complexity index is 427. The maximum Gasteiger partial charge on any atom is 0.340 e. The lowest BCUT2D eigenvalue weighted by atomic mass is 10.0. The normalized spacial score (nSPS) is 12.0. The van der Waals surface area contributed by atoms with Crippen LogP contribution in [0.2, 0.25) is 5.02 Å². The second-order valence-electron chi connectivity index (χ2n) is 3.13. The van der Waals surface area contributed by atoms with Gasteiger partial charge in [0, 0.05) is 5.56 Å². The Morgan fingerprint density at radius 3 is 2.50 bits per heavy atom. The molecule has 0 aromatic heterocycles. The average molecular weight is 261 g/mol. The SMILES string of the molecule is COC(=O)c1c(Cl)cccc1C(=O)C(C)Cl. The Morgan fingerprint density at radius 1 is 1.38 bits per heavy atom. The highest BCUT2D eigenvalue weighted by atomic mass is 35.5. The van der Waals surface area contributed by atoms with Crippen molar-refractivity contribution in [2.24, 2.45) is 0 Å². The summed E-state index contributed by atoms with van der Waals surface area (Å²) in [5.41, 5.74) is 0.242. The van der Waals surface area contributed by atoms with Gasteiger partial charge in [-0.15, -0.1) is 11.6 Å². The number of alkyl halides is 1. The molecule has 16 heavy (non-hydrogen) atoms. The number of halogens is 2. The van der Waals surface area contributed by atoms with E-state index in [1.165, 1.54) is 26.2 Å². The molecule has 3 nitrogen and oxygen atoms in total. The summed E-state index contributed by atoms with van der Waals surface area (Å²) in [4.78, 5) is 23.2. The summed E-state index contributed by atoms with van der Waals surface area (Å²) < 4.78 is 4.57. The van der Waals surface area contributed by atoms with Crippen LogP contribution in [-0.2, 0) is 4.74 Å². The van der Waals surface area contributed by atoms with Crippen LogP contribution in [0.5, 0.6) is 0 Å². The number of carbonyl (C=O) groups is 2. The summed E-state index contributed by atoms with van der Waals surface area (Å²) in [6.45, 7) is 1.53. The summed E-state index contributed by atoms with van der Waals surface area (Å²) in [5, 5.41) is -0.545. The van der Waals surface area contributed by atoms with Gasteiger partial charge in [0.1, 0.15) is 0 Å². The van der Waals surface area contributed by atoms with Crippen molar-refractivity contribution in [3.8, 4) is 0 Å². The number of ether oxygens (including phenoxy) is 1. The number of ketones is 1. The highest BCUT2D eigenvalue weighted by Crippen LogP contribution is 2.23. The quantitative estimate of drug-likeness (QED) is 0.477. The molecule has 5 heteroatoms. The summed E-state index contributed by atoms with van der Waals surface area (Å²) in [6, 6.07) is 4.60. The standard InChI is InChI=1S/C11H10Cl2O3/c1-6(12)10(14)7-4-3-5-8(13)9(7)11(15)16-2/h3-6H,1-2H3. The number of Topliss-reactive ketones (excluding diaryl/α,β-unsaturated/α-hetero) is 1. The van der Waals surface area contributed by atoms with Gasteiger partial charge >= 0.3 is 5.97 Å². The van der Waals surface area contributed by atoms with Crippen molar-refractivity contribution in [1.82, 2.24) is 0 Å². The number of hydrogen-bond acceptors (Lipinski definition) is 3. The number of carbonyl (C=O) groups excluding carboxylic acids is 2. The Labute approximate surface area is 103 Å². The summed E-state index contributed by atoms with van der Waals surface area (Å²) in [7, 11) is 1.23. The Hall–Kier alpha value is -1.06. The predicted molar refractivity (Wildman–Crippen MR) is 62.4 cm³/mol. The largest absolute Gasteiger partial charge is 0.465 e. The van der Waals surface area contributed by atoms with Crippen LogP contribution in [0, 0.1) is 0 Å². The zero-order chi connectivity index (χ0) is 12.3. The first-order chi connectivity index (χ1) is 7.49. The molecule has 86 valence electrons. The second kappa shape index (κ2) is 5.32. The van der Waals surface area contributed by atoms with Crippen molar-refractivity contribution in [2.75, 3.05) is 7.11 Å². The van der Waals surface area contributed by atoms with E-state index >= 15 is 0 Å². The van der Waals surface area contributed by atoms with Gasteiger partial charge in [-0.3, -0.25) is 4.79 Å². The van der Waals surface area contributed by atoms with Crippen LogP contribution in [0.3, 0.4) is 0 Å². The van der Waals surface area contributed by atoms with Crippen LogP contribution in [0.25, 0.3) is 0 Å². The van der Waals surface area contributed by atoms with Crippen molar-refractivity contribution in [3.05, 3.63) is 34.3 Å². The third-order valence-corrected chi connectivity index (χ3v) is 2.54. The topological polar surface area (TPSA) is 43.4 Å². The lowest BCUT2D eigenvalue weighted by Crippen LogP contribution is -2.16. The van der Waals surface area contributed by atoms with Gasteiger partial charge < -0.3 is 4.74 Å². The van der Waals surface area contributed by atoms with Crippen LogP contribution in [0.1, 0.15) is 27.6 Å². The smallest absolute Gasteiger partial charge is 0.340 e. The number of benzene rings is 1. The molecule has 0 heterocycles. The average Bonchev–Trinajstić information content (AvgIpc) is 2.26. The molecule has 0 fully saturated rings. The van der Waals surface area contributed by atoms with E-state index in [0.717, 1.165) is 0 Å². The summed E-state index contributed by atoms with van der Waals surface area (Å²) in [6.07, 6.45) is 0. The van der Waals surface area contributed by atoms with E-state index in [4.69, 9.17) is 23.2 Å². The third-order valence-electron chi connectivity index (χ3n) is 2.03. The summed E-state index contributed by atoms with van der Waals surface area (Å²) in [5.74, 6) is -1.00. The van der Waals surface area contributed by atoms with Crippen molar-refractivity contribution in [2.45, 2.75) is 12.3 Å².